The second kappa shape index (κ2) is 6.98. The molecule has 0 radical (unpaired) electrons. The minimum atomic E-state index is -0.0934. The number of para-hydroxylation sites is 1. The van der Waals surface area contributed by atoms with E-state index < -0.39 is 0 Å². The molecule has 0 atom stereocenters. The van der Waals surface area contributed by atoms with E-state index in [1.54, 1.807) is 24.3 Å². The van der Waals surface area contributed by atoms with E-state index in [0.29, 0.717) is 33.6 Å². The summed E-state index contributed by atoms with van der Waals surface area (Å²) in [5, 5.41) is 4.31. The lowest BCUT2D eigenvalue weighted by molar-refractivity contribution is -0.116. The number of benzene rings is 2. The predicted octanol–water partition coefficient (Wildman–Crippen LogP) is 5.22. The van der Waals surface area contributed by atoms with E-state index >= 15 is 0 Å². The molecule has 0 saturated carbocycles. The van der Waals surface area contributed by atoms with Gasteiger partial charge >= 0.3 is 0 Å². The Morgan fingerprint density at radius 3 is 2.40 bits per heavy atom. The summed E-state index contributed by atoms with van der Waals surface area (Å²) in [6.45, 7) is 0. The lowest BCUT2D eigenvalue weighted by atomic mass is 10.1. The molecule has 2 aromatic carbocycles. The normalized spacial score (nSPS) is 10.3. The second-order valence-corrected chi connectivity index (χ2v) is 5.50. The number of aryl methyl sites for hydroxylation is 1. The Labute approximate surface area is 132 Å². The maximum atomic E-state index is 11.9. The Morgan fingerprint density at radius 1 is 0.950 bits per heavy atom. The van der Waals surface area contributed by atoms with Crippen molar-refractivity contribution in [2.75, 3.05) is 5.32 Å². The zero-order chi connectivity index (χ0) is 14.5. The summed E-state index contributed by atoms with van der Waals surface area (Å²) >= 11 is 17.7. The number of nitrogens with one attached hydrogen (secondary N) is 1. The average molecular weight is 329 g/mol. The van der Waals surface area contributed by atoms with Gasteiger partial charge in [0, 0.05) is 6.42 Å². The topological polar surface area (TPSA) is 29.1 Å². The van der Waals surface area contributed by atoms with E-state index in [9.17, 15) is 4.79 Å². The van der Waals surface area contributed by atoms with Crippen molar-refractivity contribution >= 4 is 46.4 Å². The quantitative estimate of drug-likeness (QED) is 0.819. The first kappa shape index (κ1) is 15.2. The van der Waals surface area contributed by atoms with E-state index in [1.807, 2.05) is 18.2 Å². The summed E-state index contributed by atoms with van der Waals surface area (Å²) in [5.41, 5.74) is 1.59. The Hall–Kier alpha value is -1.22. The van der Waals surface area contributed by atoms with Gasteiger partial charge in [-0.2, -0.15) is 0 Å². The third-order valence-electron chi connectivity index (χ3n) is 2.77. The van der Waals surface area contributed by atoms with Crippen LogP contribution in [0.3, 0.4) is 0 Å². The lowest BCUT2D eigenvalue weighted by Gasteiger charge is -2.07. The highest BCUT2D eigenvalue weighted by atomic mass is 35.5. The van der Waals surface area contributed by atoms with Crippen molar-refractivity contribution in [3.63, 3.8) is 0 Å². The van der Waals surface area contributed by atoms with Crippen molar-refractivity contribution < 1.29 is 4.79 Å². The average Bonchev–Trinajstić information content (AvgIpc) is 2.43. The molecule has 5 heteroatoms. The summed E-state index contributed by atoms with van der Waals surface area (Å²) in [7, 11) is 0. The highest BCUT2D eigenvalue weighted by Crippen LogP contribution is 2.24. The number of hydrogen-bond donors (Lipinski definition) is 1. The molecule has 2 nitrogen and oxygen atoms in total. The van der Waals surface area contributed by atoms with Crippen LogP contribution in [0.1, 0.15) is 12.0 Å². The van der Waals surface area contributed by atoms with Gasteiger partial charge < -0.3 is 5.32 Å². The van der Waals surface area contributed by atoms with E-state index in [-0.39, 0.29) is 5.91 Å². The van der Waals surface area contributed by atoms with Gasteiger partial charge in [0.15, 0.2) is 0 Å². The van der Waals surface area contributed by atoms with E-state index in [2.05, 4.69) is 5.32 Å². The Bertz CT molecular complexity index is 628. The first-order chi connectivity index (χ1) is 9.56. The van der Waals surface area contributed by atoms with Gasteiger partial charge in [-0.1, -0.05) is 53.0 Å². The molecule has 0 fully saturated rings. The number of rotatable bonds is 4. The number of amides is 1. The summed E-state index contributed by atoms with van der Waals surface area (Å²) in [5.74, 6) is -0.0934. The summed E-state index contributed by atoms with van der Waals surface area (Å²) in [6.07, 6.45) is 0.941. The first-order valence-corrected chi connectivity index (χ1v) is 7.18. The maximum absolute atomic E-state index is 11.9. The van der Waals surface area contributed by atoms with Gasteiger partial charge in [-0.25, -0.2) is 0 Å². The minimum absolute atomic E-state index is 0.0934. The molecule has 0 saturated heterocycles. The zero-order valence-corrected chi connectivity index (χ0v) is 12.8. The Kier molecular flexibility index (Phi) is 5.30. The molecule has 104 valence electrons. The largest absolute Gasteiger partial charge is 0.325 e. The van der Waals surface area contributed by atoms with Gasteiger partial charge in [0.05, 0.1) is 20.8 Å². The minimum Gasteiger partial charge on any atom is -0.325 e. The van der Waals surface area contributed by atoms with Crippen LogP contribution in [0.2, 0.25) is 15.1 Å². The van der Waals surface area contributed by atoms with Crippen LogP contribution in [0, 0.1) is 0 Å². The molecule has 2 aromatic rings. The summed E-state index contributed by atoms with van der Waals surface area (Å²) in [4.78, 5) is 11.9. The molecule has 0 aromatic heterocycles. The Morgan fingerprint density at radius 2 is 1.70 bits per heavy atom. The Balaban J connectivity index is 1.92. The van der Waals surface area contributed by atoms with E-state index in [4.69, 9.17) is 34.8 Å². The van der Waals surface area contributed by atoms with Gasteiger partial charge in [-0.3, -0.25) is 4.79 Å². The van der Waals surface area contributed by atoms with Crippen LogP contribution in [-0.4, -0.2) is 5.91 Å². The molecule has 1 amide bonds. The summed E-state index contributed by atoms with van der Waals surface area (Å²) in [6, 6.07) is 12.5. The first-order valence-electron chi connectivity index (χ1n) is 6.04. The lowest BCUT2D eigenvalue weighted by Crippen LogP contribution is -2.12. The molecule has 0 heterocycles. The van der Waals surface area contributed by atoms with Crippen LogP contribution in [-0.2, 0) is 11.2 Å². The van der Waals surface area contributed by atoms with Gasteiger partial charge in [-0.15, -0.1) is 0 Å². The summed E-state index contributed by atoms with van der Waals surface area (Å²) < 4.78 is 0. The van der Waals surface area contributed by atoms with Gasteiger partial charge in [0.2, 0.25) is 5.91 Å². The smallest absolute Gasteiger partial charge is 0.224 e. The number of anilines is 1. The number of hydrogen-bond acceptors (Lipinski definition) is 1. The van der Waals surface area contributed by atoms with Gasteiger partial charge in [0.25, 0.3) is 0 Å². The molecular formula is C15H12Cl3NO. The van der Waals surface area contributed by atoms with E-state index in [1.165, 1.54) is 0 Å². The molecule has 0 aliphatic heterocycles. The van der Waals surface area contributed by atoms with Crippen molar-refractivity contribution in [3.8, 4) is 0 Å². The number of halogens is 3. The van der Waals surface area contributed by atoms with Crippen LogP contribution >= 0.6 is 34.8 Å². The van der Waals surface area contributed by atoms with Crippen LogP contribution in [0.25, 0.3) is 0 Å². The standard InChI is InChI=1S/C15H12Cl3NO/c16-11-7-5-10(9-13(11)18)6-8-15(20)19-14-4-2-1-3-12(14)17/h1-5,7,9H,6,8H2,(H,19,20). The predicted molar refractivity (Wildman–Crippen MR) is 84.9 cm³/mol. The number of carbonyl (C=O) groups excluding carboxylic acids is 1. The fourth-order valence-electron chi connectivity index (χ4n) is 1.73. The van der Waals surface area contributed by atoms with Crippen LogP contribution in [0.15, 0.2) is 42.5 Å². The highest BCUT2D eigenvalue weighted by Gasteiger charge is 2.06. The molecule has 0 unspecified atom stereocenters. The monoisotopic (exact) mass is 327 g/mol. The third-order valence-corrected chi connectivity index (χ3v) is 3.84. The van der Waals surface area contributed by atoms with Crippen LogP contribution in [0.4, 0.5) is 5.69 Å². The molecule has 0 bridgehead atoms. The SMILES string of the molecule is O=C(CCc1ccc(Cl)c(Cl)c1)Nc1ccccc1Cl. The highest BCUT2D eigenvalue weighted by molar-refractivity contribution is 6.42. The third kappa shape index (κ3) is 4.14. The van der Waals surface area contributed by atoms with Gasteiger partial charge in [0.1, 0.15) is 0 Å². The zero-order valence-electron chi connectivity index (χ0n) is 10.5. The van der Waals surface area contributed by atoms with Gasteiger partial charge in [-0.05, 0) is 36.2 Å². The molecule has 2 rings (SSSR count). The van der Waals surface area contributed by atoms with Crippen molar-refractivity contribution in [2.45, 2.75) is 12.8 Å². The molecular weight excluding hydrogens is 317 g/mol. The second-order valence-electron chi connectivity index (χ2n) is 4.28. The van der Waals surface area contributed by atoms with Crippen molar-refractivity contribution in [1.82, 2.24) is 0 Å². The van der Waals surface area contributed by atoms with Crippen molar-refractivity contribution in [3.05, 3.63) is 63.1 Å². The fourth-order valence-corrected chi connectivity index (χ4v) is 2.23. The van der Waals surface area contributed by atoms with Crippen LogP contribution in [0.5, 0.6) is 0 Å². The molecule has 0 aliphatic carbocycles. The molecule has 0 aliphatic rings. The van der Waals surface area contributed by atoms with Crippen LogP contribution < -0.4 is 5.32 Å². The number of carbonyl (C=O) groups is 1. The molecule has 1 N–H and O–H groups in total. The fraction of sp³-hybridized carbons (Fsp3) is 0.133. The van der Waals surface area contributed by atoms with E-state index in [0.717, 1.165) is 5.56 Å². The van der Waals surface area contributed by atoms with Crippen molar-refractivity contribution in [2.24, 2.45) is 0 Å². The molecule has 0 spiro atoms. The maximum Gasteiger partial charge on any atom is 0.224 e. The van der Waals surface area contributed by atoms with Crippen molar-refractivity contribution in [1.29, 1.82) is 0 Å². The molecule has 20 heavy (non-hydrogen) atoms.